The van der Waals surface area contributed by atoms with Crippen LogP contribution in [0.5, 0.6) is 0 Å². The van der Waals surface area contributed by atoms with E-state index in [9.17, 15) is 0 Å². The zero-order valence-electron chi connectivity index (χ0n) is 73.6. The average Bonchev–Trinajstić information content (AvgIpc) is 0.914. The highest BCUT2D eigenvalue weighted by atomic mass is 19.2. The van der Waals surface area contributed by atoms with Crippen LogP contribution in [0.15, 0.2) is 364 Å². The predicted molar refractivity (Wildman–Crippen MR) is 517 cm³/mol. The molecular formula is C122H84F8N2. The van der Waals surface area contributed by atoms with Gasteiger partial charge in [0.15, 0.2) is 46.5 Å². The number of nitrogens with zero attached hydrogens (tertiary/aromatic N) is 2. The van der Waals surface area contributed by atoms with E-state index in [1.165, 1.54) is 89.0 Å². The number of fused-ring (bicyclic) bond motifs is 16. The lowest BCUT2D eigenvalue weighted by Gasteiger charge is -2.46. The molecule has 0 unspecified atom stereocenters. The minimum absolute atomic E-state index is 0.0883. The Kier molecular flexibility index (Phi) is 17.5. The molecule has 18 aromatic carbocycles. The molecule has 2 aliphatic heterocycles. The molecule has 0 radical (unpaired) electrons. The van der Waals surface area contributed by atoms with Crippen molar-refractivity contribution >= 4 is 34.1 Å². The zero-order valence-corrected chi connectivity index (χ0v) is 73.6. The molecule has 0 atom stereocenters. The first-order chi connectivity index (χ1) is 63.8. The van der Waals surface area contributed by atoms with Crippen LogP contribution < -0.4 is 9.80 Å². The van der Waals surface area contributed by atoms with Crippen LogP contribution in [0.1, 0.15) is 144 Å². The van der Waals surface area contributed by atoms with E-state index in [4.69, 9.17) is 0 Å². The van der Waals surface area contributed by atoms with Gasteiger partial charge in [-0.1, -0.05) is 371 Å². The fourth-order valence-corrected chi connectivity index (χ4v) is 23.8. The Morgan fingerprint density at radius 3 is 0.553 bits per heavy atom. The largest absolute Gasteiger partial charge is 0.304 e. The van der Waals surface area contributed by atoms with Crippen molar-refractivity contribution in [2.24, 2.45) is 0 Å². The van der Waals surface area contributed by atoms with E-state index >= 15 is 35.1 Å². The minimum atomic E-state index is -2.31. The second-order valence-electron chi connectivity index (χ2n) is 38.2. The maximum absolute atomic E-state index is 18.5. The fraction of sp³-hybridized carbons (Fsp3) is 0.115. The highest BCUT2D eigenvalue weighted by molar-refractivity contribution is 5.96. The first kappa shape index (κ1) is 80.3. The minimum Gasteiger partial charge on any atom is -0.304 e. The van der Waals surface area contributed by atoms with Crippen LogP contribution in [0.3, 0.4) is 0 Å². The molecule has 2 nitrogen and oxygen atoms in total. The number of benzene rings is 18. The molecule has 0 saturated carbocycles. The van der Waals surface area contributed by atoms with Crippen molar-refractivity contribution in [3.05, 3.63) is 500 Å². The molecule has 0 spiro atoms. The monoisotopic (exact) mass is 1730 g/mol. The van der Waals surface area contributed by atoms with E-state index in [0.29, 0.717) is 22.3 Å². The molecule has 132 heavy (non-hydrogen) atoms. The van der Waals surface area contributed by atoms with Crippen molar-refractivity contribution in [2.45, 2.75) is 87.9 Å². The highest BCUT2D eigenvalue weighted by Gasteiger charge is 2.52. The average molecular weight is 1730 g/mol. The summed E-state index contributed by atoms with van der Waals surface area (Å²) in [5, 5.41) is 0. The van der Waals surface area contributed by atoms with Gasteiger partial charge in [-0.25, -0.2) is 35.1 Å². The van der Waals surface area contributed by atoms with Crippen LogP contribution >= 0.6 is 0 Å². The van der Waals surface area contributed by atoms with Crippen LogP contribution in [-0.2, 0) is 32.5 Å². The van der Waals surface area contributed by atoms with Gasteiger partial charge in [0.25, 0.3) is 0 Å². The summed E-state index contributed by atoms with van der Waals surface area (Å²) < 4.78 is 147. The molecule has 18 aromatic rings. The molecule has 0 aromatic heterocycles. The summed E-state index contributed by atoms with van der Waals surface area (Å²) in [4.78, 5) is 2.15. The third-order valence-corrected chi connectivity index (χ3v) is 30.3. The molecular weight excluding hydrogens is 1650 g/mol. The molecule has 2 heterocycles. The van der Waals surface area contributed by atoms with E-state index in [2.05, 4.69) is 274 Å². The lowest BCUT2D eigenvalue weighted by molar-refractivity contribution is 0.444. The fourth-order valence-electron chi connectivity index (χ4n) is 23.8. The van der Waals surface area contributed by atoms with Crippen LogP contribution in [-0.4, -0.2) is 0 Å². The molecule has 638 valence electrons. The Balaban J connectivity index is 0.629. The van der Waals surface area contributed by atoms with Gasteiger partial charge in [0, 0.05) is 21.7 Å². The van der Waals surface area contributed by atoms with Crippen molar-refractivity contribution in [3.8, 4) is 100 Å². The molecule has 0 amide bonds. The van der Waals surface area contributed by atoms with Crippen molar-refractivity contribution in [1.82, 2.24) is 0 Å². The first-order valence-electron chi connectivity index (χ1n) is 45.0. The predicted octanol–water partition coefficient (Wildman–Crippen LogP) is 32.7. The molecule has 0 N–H and O–H groups in total. The molecule has 0 saturated heterocycles. The first-order valence-corrected chi connectivity index (χ1v) is 45.0. The Hall–Kier alpha value is -15.0. The Morgan fingerprint density at radius 1 is 0.167 bits per heavy atom. The molecule has 6 aliphatic rings. The lowest BCUT2D eigenvalue weighted by atomic mass is 9.62. The van der Waals surface area contributed by atoms with Gasteiger partial charge in [0.2, 0.25) is 0 Å². The van der Waals surface area contributed by atoms with Crippen LogP contribution in [0.2, 0.25) is 0 Å². The Morgan fingerprint density at radius 2 is 0.341 bits per heavy atom. The number of hydrogen-bond acceptors (Lipinski definition) is 2. The molecule has 0 bridgehead atoms. The van der Waals surface area contributed by atoms with Crippen molar-refractivity contribution in [2.75, 3.05) is 9.80 Å². The second kappa shape index (κ2) is 28.7. The number of halogens is 8. The number of anilines is 6. The molecule has 24 rings (SSSR count). The lowest BCUT2D eigenvalue weighted by Crippen LogP contribution is -2.38. The summed E-state index contributed by atoms with van der Waals surface area (Å²) in [6.45, 7) is 17.9. The van der Waals surface area contributed by atoms with Crippen molar-refractivity contribution in [3.63, 3.8) is 0 Å². The summed E-state index contributed by atoms with van der Waals surface area (Å²) in [6.07, 6.45) is 0. The molecule has 4 aliphatic carbocycles. The summed E-state index contributed by atoms with van der Waals surface area (Å²) in [5.41, 5.74) is 21.4. The standard InChI is InChI=1S/C122H84F8N2/c1-117(2)89-29-13-9-25-81(89)85-61-49-73(65-97(85)117)69-41-53-77(54-42-69)121(78-55-43-70(44-56-78)74-50-62-86-82-26-10-14-30-90(82)118(3,4)98(86)66-74)93-33-17-21-37-101(93)131(102-38-22-18-34-94(102)121)115-111(127)107(123)105(108(124)112(115)128)106-109(125)113(129)116(114(130)110(106)126)132-103-39-23-19-35-95(103)122(96-36-20-24-40-104(96)132,79-57-45-71(46-58-79)75-51-63-87-83-27-11-15-31-91(83)119(5,6)99(87)67-75)80-59-47-72(48-60-80)76-52-64-88-84-28-12-16-32-92(84)120(7,8)100(88)68-76/h9-68H,1-8H3. The van der Waals surface area contributed by atoms with Gasteiger partial charge in [0.1, 0.15) is 11.4 Å². The van der Waals surface area contributed by atoms with Gasteiger partial charge in [-0.2, -0.15) is 0 Å². The highest BCUT2D eigenvalue weighted by Crippen LogP contribution is 2.64. The maximum Gasteiger partial charge on any atom is 0.186 e. The van der Waals surface area contributed by atoms with Gasteiger partial charge in [-0.15, -0.1) is 0 Å². The van der Waals surface area contributed by atoms with E-state index in [0.717, 1.165) is 76.6 Å². The van der Waals surface area contributed by atoms with Gasteiger partial charge in [-0.05, 0) is 227 Å². The Bertz CT molecular complexity index is 7060. The van der Waals surface area contributed by atoms with E-state index in [1.807, 2.05) is 72.8 Å². The van der Waals surface area contributed by atoms with Crippen LogP contribution in [0, 0.1) is 46.5 Å². The van der Waals surface area contributed by atoms with Gasteiger partial charge < -0.3 is 9.80 Å². The van der Waals surface area contributed by atoms with Crippen molar-refractivity contribution < 1.29 is 35.1 Å². The quantitative estimate of drug-likeness (QED) is 0.0941. The van der Waals surface area contributed by atoms with Gasteiger partial charge >= 0.3 is 0 Å². The Labute approximate surface area is 761 Å². The van der Waals surface area contributed by atoms with Crippen LogP contribution in [0.25, 0.3) is 100 Å². The summed E-state index contributed by atoms with van der Waals surface area (Å²) in [7, 11) is 0. The van der Waals surface area contributed by atoms with E-state index in [-0.39, 0.29) is 44.4 Å². The SMILES string of the molecule is CC1(C)c2ccccc2-c2ccc(-c3ccc(C4(c5ccc(-c6ccc7c(c6)C(C)(C)c6ccccc6-7)cc5)c5ccccc5N(c5c(F)c(F)c(-c6c(F)c(F)c(N7c8ccccc8C(c8ccc(-c9ccc%10c(c9)C(C)(C)c9ccccc9-%10)cc8)(c8ccc(-c9ccc%10c(c9)C(C)(C)c9ccccc9-%10)cc8)c8ccccc87)c(F)c6F)c(F)c5F)c5ccccc54)cc3)cc21. The third kappa shape index (κ3) is 11.0. The third-order valence-electron chi connectivity index (χ3n) is 30.3. The van der Waals surface area contributed by atoms with E-state index in [1.54, 1.807) is 72.8 Å². The van der Waals surface area contributed by atoms with E-state index < -0.39 is 79.9 Å². The smallest absolute Gasteiger partial charge is 0.186 e. The summed E-state index contributed by atoms with van der Waals surface area (Å²) in [5.74, 6) is -17.6. The molecule has 0 fully saturated rings. The summed E-state index contributed by atoms with van der Waals surface area (Å²) in [6, 6.07) is 120. The number of para-hydroxylation sites is 4. The number of rotatable bonds is 11. The van der Waals surface area contributed by atoms with Gasteiger partial charge in [0.05, 0.1) is 44.7 Å². The van der Waals surface area contributed by atoms with Crippen LogP contribution in [0.4, 0.5) is 69.2 Å². The second-order valence-corrected chi connectivity index (χ2v) is 38.2. The summed E-state index contributed by atoms with van der Waals surface area (Å²) >= 11 is 0. The normalized spacial score (nSPS) is 15.5. The maximum atomic E-state index is 18.5. The zero-order chi connectivity index (χ0) is 90.3. The number of hydrogen-bond donors (Lipinski definition) is 0. The molecule has 10 heteroatoms. The van der Waals surface area contributed by atoms with Gasteiger partial charge in [-0.3, -0.25) is 0 Å². The van der Waals surface area contributed by atoms with Crippen molar-refractivity contribution in [1.29, 1.82) is 0 Å². The topological polar surface area (TPSA) is 6.48 Å².